The molecule has 0 radical (unpaired) electrons. The van der Waals surface area contributed by atoms with Crippen molar-refractivity contribution in [1.29, 1.82) is 0 Å². The number of piperidine rings is 3. The number of ether oxygens (including phenoxy) is 1. The van der Waals surface area contributed by atoms with Gasteiger partial charge in [0.15, 0.2) is 11.9 Å². The maximum Gasteiger partial charge on any atom is 0.262 e. The molecule has 0 saturated carbocycles. The number of aromatic amines is 1. The molecule has 8 heterocycles. The Morgan fingerprint density at radius 3 is 2.31 bits per heavy atom. The third-order valence-electron chi connectivity index (χ3n) is 13.4. The van der Waals surface area contributed by atoms with E-state index in [0.29, 0.717) is 53.6 Å². The minimum atomic E-state index is -0.975. The van der Waals surface area contributed by atoms with Crippen LogP contribution in [0.25, 0.3) is 0 Å². The van der Waals surface area contributed by atoms with Gasteiger partial charge in [-0.25, -0.2) is 0 Å². The topological polar surface area (TPSA) is 181 Å². The average Bonchev–Trinajstić information content (AvgIpc) is 3.94. The number of methoxy groups -OCH3 is 1. The summed E-state index contributed by atoms with van der Waals surface area (Å²) in [5, 5.41) is 12.5. The van der Waals surface area contributed by atoms with Gasteiger partial charge in [-0.15, -0.1) is 0 Å². The molecule has 3 N–H and O–H groups in total. The molecule has 16 heteroatoms. The van der Waals surface area contributed by atoms with Gasteiger partial charge in [0, 0.05) is 80.8 Å². The number of amides is 6. The highest BCUT2D eigenvalue weighted by Gasteiger charge is 2.48. The Hall–Kier alpha value is -6.39. The van der Waals surface area contributed by atoms with Gasteiger partial charge >= 0.3 is 0 Å². The molecule has 4 atom stereocenters. The Bertz CT molecular complexity index is 2420. The van der Waals surface area contributed by atoms with Crippen LogP contribution in [0.15, 0.2) is 72.8 Å². The van der Waals surface area contributed by atoms with Gasteiger partial charge in [0.05, 0.1) is 29.9 Å². The number of carbonyl (C=O) groups is 6. The number of benzene rings is 3. The number of hydrogen-bond acceptors (Lipinski definition) is 11. The van der Waals surface area contributed by atoms with Crippen molar-refractivity contribution in [2.45, 2.75) is 69.4 Å². The largest absolute Gasteiger partial charge is 0.372 e. The van der Waals surface area contributed by atoms with Crippen molar-refractivity contribution < 1.29 is 33.5 Å². The second-order valence-corrected chi connectivity index (χ2v) is 17.0. The van der Waals surface area contributed by atoms with Crippen LogP contribution in [0, 0.1) is 5.92 Å². The number of imide groups is 2. The zero-order valence-electron chi connectivity index (χ0n) is 33.8. The number of anilines is 3. The molecular formula is C45H47N9O7. The van der Waals surface area contributed by atoms with Crippen LogP contribution >= 0.6 is 0 Å². The van der Waals surface area contributed by atoms with Gasteiger partial charge in [-0.2, -0.15) is 5.10 Å². The van der Waals surface area contributed by atoms with E-state index >= 15 is 0 Å². The molecule has 5 fully saturated rings. The second-order valence-electron chi connectivity index (χ2n) is 17.0. The number of fused-ring (bicyclic) bond motifs is 4. The average molecular weight is 826 g/mol. The summed E-state index contributed by atoms with van der Waals surface area (Å²) >= 11 is 0. The molecule has 4 aromatic rings. The third-order valence-corrected chi connectivity index (χ3v) is 13.4. The lowest BCUT2D eigenvalue weighted by molar-refractivity contribution is -0.143. The van der Waals surface area contributed by atoms with Crippen LogP contribution in [0.5, 0.6) is 0 Å². The standard InChI is InChI=1S/C45H47N9O7/c1-61-39(27-5-3-2-4-6-27)45(60)52-24-35-36(25-52)48-49-40(35)47-41(56)28-7-9-29(10-8-28)51-17-15-26(16-18-51)21-50-22-31-19-32(23-50)53(31)30-11-12-33-34(20-30)44(59)54(43(33)58)37-13-14-38(55)46-42(37)57/h2-12,20,26,31-32,37,39H,13-19,21-25H2,1H3,(H,46,55,57)(H2,47,48,49,56)/t31?,32?,37?,39-/m1/s1. The van der Waals surface area contributed by atoms with Crippen LogP contribution in [0.4, 0.5) is 17.2 Å². The van der Waals surface area contributed by atoms with Crippen LogP contribution in [-0.4, -0.2) is 118 Å². The number of hydrogen-bond donors (Lipinski definition) is 3. The molecule has 1 aromatic heterocycles. The predicted molar refractivity (Wildman–Crippen MR) is 223 cm³/mol. The zero-order valence-corrected chi connectivity index (χ0v) is 33.8. The van der Waals surface area contributed by atoms with E-state index in [-0.39, 0.29) is 24.7 Å². The van der Waals surface area contributed by atoms with Crippen molar-refractivity contribution in [2.75, 3.05) is 55.0 Å². The Labute approximate surface area is 352 Å². The van der Waals surface area contributed by atoms with E-state index in [1.807, 2.05) is 60.7 Å². The molecule has 11 rings (SSSR count). The van der Waals surface area contributed by atoms with Gasteiger partial charge in [0.25, 0.3) is 23.6 Å². The monoisotopic (exact) mass is 825 g/mol. The smallest absolute Gasteiger partial charge is 0.262 e. The molecule has 7 aliphatic heterocycles. The normalized spacial score (nSPS) is 23.1. The highest BCUT2D eigenvalue weighted by molar-refractivity contribution is 6.23. The van der Waals surface area contributed by atoms with E-state index in [1.54, 1.807) is 17.0 Å². The first-order chi connectivity index (χ1) is 29.6. The van der Waals surface area contributed by atoms with Gasteiger partial charge in [0.2, 0.25) is 11.8 Å². The molecule has 16 nitrogen and oxygen atoms in total. The van der Waals surface area contributed by atoms with Crippen molar-refractivity contribution in [3.63, 3.8) is 0 Å². The minimum Gasteiger partial charge on any atom is -0.372 e. The zero-order chi connectivity index (χ0) is 41.9. The van der Waals surface area contributed by atoms with Crippen LogP contribution < -0.4 is 20.4 Å². The summed E-state index contributed by atoms with van der Waals surface area (Å²) < 4.78 is 5.56. The Morgan fingerprint density at radius 1 is 0.869 bits per heavy atom. The Kier molecular flexibility index (Phi) is 9.90. The Morgan fingerprint density at radius 2 is 1.59 bits per heavy atom. The van der Waals surface area contributed by atoms with Gasteiger partial charge in [-0.3, -0.25) is 49.0 Å². The SMILES string of the molecule is CO[C@@H](C(=O)N1Cc2[nH]nc(NC(=O)c3ccc(N4CCC(CN5CC6CC(C5)N6c5ccc6c(c5)C(=O)N(C5CCC(=O)NC5=O)C6=O)CC4)cc3)c2C1)c1ccccc1. The molecule has 0 aliphatic carbocycles. The van der Waals surface area contributed by atoms with E-state index in [1.165, 1.54) is 7.11 Å². The van der Waals surface area contributed by atoms with E-state index in [2.05, 4.69) is 35.5 Å². The molecule has 2 bridgehead atoms. The second kappa shape index (κ2) is 15.6. The highest BCUT2D eigenvalue weighted by atomic mass is 16.5. The van der Waals surface area contributed by atoms with Crippen molar-refractivity contribution in [2.24, 2.45) is 5.92 Å². The van der Waals surface area contributed by atoms with E-state index < -0.39 is 35.8 Å². The van der Waals surface area contributed by atoms with Crippen LogP contribution in [0.3, 0.4) is 0 Å². The first kappa shape index (κ1) is 38.8. The van der Waals surface area contributed by atoms with Crippen LogP contribution in [0.2, 0.25) is 0 Å². The number of rotatable bonds is 10. The van der Waals surface area contributed by atoms with Gasteiger partial charge < -0.3 is 24.8 Å². The molecule has 3 unspecified atom stereocenters. The van der Waals surface area contributed by atoms with Crippen molar-refractivity contribution in [1.82, 2.24) is 30.2 Å². The first-order valence-corrected chi connectivity index (χ1v) is 21.1. The highest BCUT2D eigenvalue weighted by Crippen LogP contribution is 2.40. The summed E-state index contributed by atoms with van der Waals surface area (Å²) in [5.74, 6) is -1.38. The summed E-state index contributed by atoms with van der Waals surface area (Å²) in [4.78, 5) is 87.5. The van der Waals surface area contributed by atoms with E-state index in [0.717, 1.165) is 85.1 Å². The lowest BCUT2D eigenvalue weighted by Gasteiger charge is -2.58. The molecule has 6 amide bonds. The summed E-state index contributed by atoms with van der Waals surface area (Å²) in [7, 11) is 1.53. The molecule has 3 aromatic carbocycles. The number of H-pyrrole nitrogens is 1. The number of nitrogens with one attached hydrogen (secondary N) is 3. The van der Waals surface area contributed by atoms with Crippen LogP contribution in [-0.2, 0) is 32.2 Å². The summed E-state index contributed by atoms with van der Waals surface area (Å²) in [6.07, 6.45) is 2.74. The number of carbonyl (C=O) groups excluding carboxylic acids is 6. The van der Waals surface area contributed by atoms with Crippen molar-refractivity contribution >= 4 is 52.6 Å². The molecule has 314 valence electrons. The Balaban J connectivity index is 0.692. The number of nitrogens with zero attached hydrogens (tertiary/aromatic N) is 6. The lowest BCUT2D eigenvalue weighted by Crippen LogP contribution is -2.69. The minimum absolute atomic E-state index is 0.0907. The maximum atomic E-state index is 13.4. The fraction of sp³-hybridized carbons (Fsp3) is 0.400. The fourth-order valence-electron chi connectivity index (χ4n) is 10.2. The van der Waals surface area contributed by atoms with Gasteiger partial charge in [0.1, 0.15) is 6.04 Å². The van der Waals surface area contributed by atoms with Crippen LogP contribution in [0.1, 0.15) is 86.1 Å². The molecule has 7 aliphatic rings. The first-order valence-electron chi connectivity index (χ1n) is 21.1. The van der Waals surface area contributed by atoms with Crippen molar-refractivity contribution in [3.8, 4) is 0 Å². The van der Waals surface area contributed by atoms with Gasteiger partial charge in [-0.05, 0) is 79.6 Å². The van der Waals surface area contributed by atoms with Gasteiger partial charge in [-0.1, -0.05) is 30.3 Å². The number of aromatic nitrogens is 2. The molecule has 61 heavy (non-hydrogen) atoms. The third kappa shape index (κ3) is 7.02. The quantitative estimate of drug-likeness (QED) is 0.199. The maximum absolute atomic E-state index is 13.4. The van der Waals surface area contributed by atoms with Crippen molar-refractivity contribution in [3.05, 3.63) is 106 Å². The fourth-order valence-corrected chi connectivity index (χ4v) is 10.2. The summed E-state index contributed by atoms with van der Waals surface area (Å²) in [6.45, 7) is 5.45. The lowest BCUT2D eigenvalue weighted by atomic mass is 9.85. The predicted octanol–water partition coefficient (Wildman–Crippen LogP) is 3.47. The van der Waals surface area contributed by atoms with E-state index in [4.69, 9.17) is 4.74 Å². The molecular weight excluding hydrogens is 779 g/mol. The molecule has 0 spiro atoms. The van der Waals surface area contributed by atoms with E-state index in [9.17, 15) is 28.8 Å². The summed E-state index contributed by atoms with van der Waals surface area (Å²) in [5.41, 5.74) is 5.52. The number of piperazine rings is 1. The molecule has 5 saturated heterocycles. The summed E-state index contributed by atoms with van der Waals surface area (Å²) in [6, 6.07) is 22.2.